The summed E-state index contributed by atoms with van der Waals surface area (Å²) in [5.74, 6) is -0.258. The normalized spacial score (nSPS) is 14.2. The molecule has 0 unspecified atom stereocenters. The molecule has 4 nitrogen and oxygen atoms in total. The van der Waals surface area contributed by atoms with E-state index in [1.54, 1.807) is 12.1 Å². The van der Waals surface area contributed by atoms with Crippen LogP contribution in [0, 0.1) is 0 Å². The number of nitrogens with one attached hydrogen (secondary N) is 1. The molecule has 1 aromatic carbocycles. The second-order valence-electron chi connectivity index (χ2n) is 5.05. The number of rotatable bonds is 3. The maximum atomic E-state index is 12.1. The Morgan fingerprint density at radius 2 is 1.86 bits per heavy atom. The molecule has 1 saturated heterocycles. The van der Waals surface area contributed by atoms with Crippen LogP contribution in [0.2, 0.25) is 5.02 Å². The molecule has 1 N–H and O–H groups in total. The summed E-state index contributed by atoms with van der Waals surface area (Å²) in [6, 6.07) is 11.1. The molecule has 1 fully saturated rings. The van der Waals surface area contributed by atoms with Gasteiger partial charge in [0.15, 0.2) is 0 Å². The van der Waals surface area contributed by atoms with Crippen molar-refractivity contribution in [1.29, 1.82) is 0 Å². The summed E-state index contributed by atoms with van der Waals surface area (Å²) in [6.45, 7) is 2.22. The minimum Gasteiger partial charge on any atom is -0.372 e. The van der Waals surface area contributed by atoms with Crippen LogP contribution in [0.25, 0.3) is 0 Å². The maximum absolute atomic E-state index is 12.1. The lowest BCUT2D eigenvalue weighted by Gasteiger charge is -2.17. The van der Waals surface area contributed by atoms with Crippen molar-refractivity contribution in [3.05, 3.63) is 53.3 Å². The lowest BCUT2D eigenvalue weighted by molar-refractivity contribution is 0.102. The zero-order valence-corrected chi connectivity index (χ0v) is 12.3. The smallest absolute Gasteiger partial charge is 0.274 e. The molecule has 0 spiro atoms. The van der Waals surface area contributed by atoms with Gasteiger partial charge in [0, 0.05) is 35.7 Å². The number of nitrogens with zero attached hydrogens (tertiary/aromatic N) is 2. The van der Waals surface area contributed by atoms with Crippen molar-refractivity contribution in [3.63, 3.8) is 0 Å². The van der Waals surface area contributed by atoms with Crippen molar-refractivity contribution in [2.24, 2.45) is 0 Å². The zero-order valence-electron chi connectivity index (χ0n) is 11.6. The van der Waals surface area contributed by atoms with Gasteiger partial charge in [0.2, 0.25) is 0 Å². The first-order chi connectivity index (χ1) is 10.2. The standard InChI is InChI=1S/C16H16ClN3O/c17-12-7-8-18-15(11-12)16(21)19-13-3-5-14(6-4-13)20-9-1-2-10-20/h3-8,11H,1-2,9-10H2,(H,19,21). The Morgan fingerprint density at radius 3 is 2.52 bits per heavy atom. The Balaban J connectivity index is 1.68. The van der Waals surface area contributed by atoms with E-state index in [0.717, 1.165) is 18.8 Å². The molecule has 1 aliphatic rings. The second kappa shape index (κ2) is 6.14. The molecule has 3 rings (SSSR count). The summed E-state index contributed by atoms with van der Waals surface area (Å²) >= 11 is 5.86. The van der Waals surface area contributed by atoms with Crippen LogP contribution < -0.4 is 10.2 Å². The van der Waals surface area contributed by atoms with E-state index in [1.165, 1.54) is 24.7 Å². The number of hydrogen-bond donors (Lipinski definition) is 1. The summed E-state index contributed by atoms with van der Waals surface area (Å²) in [4.78, 5) is 18.4. The Bertz CT molecular complexity index is 636. The van der Waals surface area contributed by atoms with Gasteiger partial charge in [-0.15, -0.1) is 0 Å². The molecular weight excluding hydrogens is 286 g/mol. The van der Waals surface area contributed by atoms with Crippen LogP contribution in [-0.2, 0) is 0 Å². The Hall–Kier alpha value is -2.07. The fourth-order valence-electron chi connectivity index (χ4n) is 2.45. The summed E-state index contributed by atoms with van der Waals surface area (Å²) in [7, 11) is 0. The van der Waals surface area contributed by atoms with Gasteiger partial charge in [-0.25, -0.2) is 0 Å². The van der Waals surface area contributed by atoms with Crippen LogP contribution >= 0.6 is 11.6 Å². The Morgan fingerprint density at radius 1 is 1.14 bits per heavy atom. The van der Waals surface area contributed by atoms with Crippen molar-refractivity contribution < 1.29 is 4.79 Å². The van der Waals surface area contributed by atoms with Crippen molar-refractivity contribution in [1.82, 2.24) is 4.98 Å². The fraction of sp³-hybridized carbons (Fsp3) is 0.250. The molecule has 1 aromatic heterocycles. The van der Waals surface area contributed by atoms with E-state index in [2.05, 4.69) is 15.2 Å². The molecule has 0 saturated carbocycles. The van der Waals surface area contributed by atoms with E-state index < -0.39 is 0 Å². The van der Waals surface area contributed by atoms with E-state index >= 15 is 0 Å². The molecule has 0 radical (unpaired) electrons. The van der Waals surface area contributed by atoms with E-state index in [-0.39, 0.29) is 5.91 Å². The molecule has 1 amide bonds. The number of pyridine rings is 1. The molecule has 2 aromatic rings. The summed E-state index contributed by atoms with van der Waals surface area (Å²) < 4.78 is 0. The maximum Gasteiger partial charge on any atom is 0.274 e. The molecule has 5 heteroatoms. The third kappa shape index (κ3) is 3.34. The zero-order chi connectivity index (χ0) is 14.7. The van der Waals surface area contributed by atoms with E-state index in [4.69, 9.17) is 11.6 Å². The predicted molar refractivity (Wildman–Crippen MR) is 85.1 cm³/mol. The van der Waals surface area contributed by atoms with Crippen LogP contribution in [0.4, 0.5) is 11.4 Å². The van der Waals surface area contributed by atoms with Gasteiger partial charge >= 0.3 is 0 Å². The largest absolute Gasteiger partial charge is 0.372 e. The third-order valence-corrected chi connectivity index (χ3v) is 3.79. The SMILES string of the molecule is O=C(Nc1ccc(N2CCCC2)cc1)c1cc(Cl)ccn1. The molecule has 1 aliphatic heterocycles. The lowest BCUT2D eigenvalue weighted by Crippen LogP contribution is -2.17. The van der Waals surface area contributed by atoms with Crippen molar-refractivity contribution in [2.75, 3.05) is 23.3 Å². The summed E-state index contributed by atoms with van der Waals surface area (Å²) in [6.07, 6.45) is 4.02. The number of carbonyl (C=O) groups is 1. The van der Waals surface area contributed by atoms with Crippen LogP contribution in [0.3, 0.4) is 0 Å². The molecular formula is C16H16ClN3O. The van der Waals surface area contributed by atoms with Gasteiger partial charge < -0.3 is 10.2 Å². The number of halogens is 1. The number of anilines is 2. The number of carbonyl (C=O) groups excluding carboxylic acids is 1. The van der Waals surface area contributed by atoms with Crippen LogP contribution in [0.1, 0.15) is 23.3 Å². The quantitative estimate of drug-likeness (QED) is 0.942. The van der Waals surface area contributed by atoms with Crippen molar-refractivity contribution >= 4 is 28.9 Å². The topological polar surface area (TPSA) is 45.2 Å². The molecule has 2 heterocycles. The predicted octanol–water partition coefficient (Wildman–Crippen LogP) is 3.59. The van der Waals surface area contributed by atoms with Crippen molar-refractivity contribution in [3.8, 4) is 0 Å². The highest BCUT2D eigenvalue weighted by Gasteiger charge is 2.12. The Kier molecular flexibility index (Phi) is 4.06. The van der Waals surface area contributed by atoms with Gasteiger partial charge in [0.05, 0.1) is 0 Å². The first-order valence-corrected chi connectivity index (χ1v) is 7.38. The van der Waals surface area contributed by atoms with Crippen molar-refractivity contribution in [2.45, 2.75) is 12.8 Å². The summed E-state index contributed by atoms with van der Waals surface area (Å²) in [5, 5.41) is 3.32. The third-order valence-electron chi connectivity index (χ3n) is 3.55. The molecule has 0 bridgehead atoms. The first kappa shape index (κ1) is 13.9. The van der Waals surface area contributed by atoms with Gasteiger partial charge in [-0.1, -0.05) is 11.6 Å². The highest BCUT2D eigenvalue weighted by molar-refractivity contribution is 6.30. The van der Waals surface area contributed by atoms with Gasteiger partial charge in [-0.3, -0.25) is 9.78 Å². The van der Waals surface area contributed by atoms with Gasteiger partial charge in [0.1, 0.15) is 5.69 Å². The highest BCUT2D eigenvalue weighted by Crippen LogP contribution is 2.22. The monoisotopic (exact) mass is 301 g/mol. The van der Waals surface area contributed by atoms with Gasteiger partial charge in [-0.05, 0) is 49.2 Å². The average Bonchev–Trinajstić information content (AvgIpc) is 3.02. The molecule has 0 atom stereocenters. The van der Waals surface area contributed by atoms with Crippen LogP contribution in [-0.4, -0.2) is 24.0 Å². The Labute approximate surface area is 128 Å². The molecule has 0 aliphatic carbocycles. The number of aromatic nitrogens is 1. The number of benzene rings is 1. The molecule has 108 valence electrons. The van der Waals surface area contributed by atoms with Crippen LogP contribution in [0.15, 0.2) is 42.6 Å². The second-order valence-corrected chi connectivity index (χ2v) is 5.49. The summed E-state index contributed by atoms with van der Waals surface area (Å²) in [5.41, 5.74) is 2.27. The highest BCUT2D eigenvalue weighted by atomic mass is 35.5. The number of amides is 1. The first-order valence-electron chi connectivity index (χ1n) is 7.00. The van der Waals surface area contributed by atoms with E-state index in [9.17, 15) is 4.79 Å². The van der Waals surface area contributed by atoms with E-state index in [1.807, 2.05) is 24.3 Å². The van der Waals surface area contributed by atoms with Gasteiger partial charge in [-0.2, -0.15) is 0 Å². The average molecular weight is 302 g/mol. The minimum atomic E-state index is -0.258. The minimum absolute atomic E-state index is 0.258. The van der Waals surface area contributed by atoms with Gasteiger partial charge in [0.25, 0.3) is 5.91 Å². The fourth-order valence-corrected chi connectivity index (χ4v) is 2.61. The van der Waals surface area contributed by atoms with Crippen LogP contribution in [0.5, 0.6) is 0 Å². The van der Waals surface area contributed by atoms with E-state index in [0.29, 0.717) is 10.7 Å². The lowest BCUT2D eigenvalue weighted by atomic mass is 10.2. The molecule has 21 heavy (non-hydrogen) atoms. The number of hydrogen-bond acceptors (Lipinski definition) is 3.